The Kier molecular flexibility index (Phi) is 4.06. The fourth-order valence-corrected chi connectivity index (χ4v) is 0.485. The SMILES string of the molecule is CCCCC(C)F. The van der Waals surface area contributed by atoms with E-state index in [4.69, 9.17) is 0 Å². The smallest absolute Gasteiger partial charge is 0.0973 e. The van der Waals surface area contributed by atoms with Crippen LogP contribution in [0.1, 0.15) is 33.1 Å². The zero-order chi connectivity index (χ0) is 5.70. The molecule has 0 bridgehead atoms. The van der Waals surface area contributed by atoms with E-state index >= 15 is 0 Å². The molecule has 0 aromatic rings. The summed E-state index contributed by atoms with van der Waals surface area (Å²) in [4.78, 5) is 0. The highest BCUT2D eigenvalue weighted by atomic mass is 19.1. The molecule has 0 saturated carbocycles. The van der Waals surface area contributed by atoms with Gasteiger partial charge in [-0.2, -0.15) is 0 Å². The summed E-state index contributed by atoms with van der Waals surface area (Å²) in [5.74, 6) is 0. The summed E-state index contributed by atoms with van der Waals surface area (Å²) in [7, 11) is 0. The Morgan fingerprint density at radius 2 is 2.14 bits per heavy atom. The van der Waals surface area contributed by atoms with E-state index in [1.165, 1.54) is 0 Å². The van der Waals surface area contributed by atoms with Crippen molar-refractivity contribution in [3.63, 3.8) is 0 Å². The predicted octanol–water partition coefficient (Wildman–Crippen LogP) is 2.53. The lowest BCUT2D eigenvalue weighted by Gasteiger charge is -1.95. The Labute approximate surface area is 44.7 Å². The number of hydrogen-bond donors (Lipinski definition) is 0. The van der Waals surface area contributed by atoms with Gasteiger partial charge in [-0.25, -0.2) is 4.39 Å². The van der Waals surface area contributed by atoms with Gasteiger partial charge in [-0.3, -0.25) is 0 Å². The minimum atomic E-state index is -0.597. The Bertz CT molecular complexity index is 33.2. The first kappa shape index (κ1) is 6.93. The standard InChI is InChI=1S/C6H13F/c1-3-4-5-6(2)7/h6H,3-5H2,1-2H3. The summed E-state index contributed by atoms with van der Waals surface area (Å²) in [5, 5.41) is 0. The van der Waals surface area contributed by atoms with Crippen molar-refractivity contribution in [3.8, 4) is 0 Å². The van der Waals surface area contributed by atoms with Crippen LogP contribution in [0.25, 0.3) is 0 Å². The van der Waals surface area contributed by atoms with Crippen LogP contribution in [0.4, 0.5) is 4.39 Å². The molecular weight excluding hydrogens is 91.1 g/mol. The predicted molar refractivity (Wildman–Crippen MR) is 30.1 cm³/mol. The third kappa shape index (κ3) is 5.93. The number of rotatable bonds is 3. The molecule has 0 aliphatic carbocycles. The van der Waals surface area contributed by atoms with Crippen LogP contribution in [0.5, 0.6) is 0 Å². The lowest BCUT2D eigenvalue weighted by Crippen LogP contribution is -1.89. The highest BCUT2D eigenvalue weighted by molar-refractivity contribution is 4.44. The van der Waals surface area contributed by atoms with Crippen LogP contribution in [0, 0.1) is 0 Å². The molecule has 0 radical (unpaired) electrons. The molecule has 44 valence electrons. The highest BCUT2D eigenvalue weighted by Gasteiger charge is 1.93. The summed E-state index contributed by atoms with van der Waals surface area (Å²) in [6.07, 6.45) is 2.27. The van der Waals surface area contributed by atoms with Gasteiger partial charge in [0.25, 0.3) is 0 Å². The molecule has 1 atom stereocenters. The lowest BCUT2D eigenvalue weighted by atomic mass is 10.2. The van der Waals surface area contributed by atoms with Crippen LogP contribution >= 0.6 is 0 Å². The second-order valence-corrected chi connectivity index (χ2v) is 1.92. The maximum Gasteiger partial charge on any atom is 0.0973 e. The molecule has 1 heteroatoms. The summed E-state index contributed by atoms with van der Waals surface area (Å²) >= 11 is 0. The maximum atomic E-state index is 11.9. The summed E-state index contributed by atoms with van der Waals surface area (Å²) in [6, 6.07) is 0. The van der Waals surface area contributed by atoms with Crippen LogP contribution < -0.4 is 0 Å². The van der Waals surface area contributed by atoms with E-state index < -0.39 is 6.17 Å². The molecule has 0 fully saturated rings. The van der Waals surface area contributed by atoms with Gasteiger partial charge in [-0.1, -0.05) is 19.8 Å². The van der Waals surface area contributed by atoms with Crippen molar-refractivity contribution in [2.24, 2.45) is 0 Å². The number of alkyl halides is 1. The van der Waals surface area contributed by atoms with E-state index in [0.717, 1.165) is 19.3 Å². The molecule has 0 aromatic carbocycles. The number of halogens is 1. The van der Waals surface area contributed by atoms with E-state index in [-0.39, 0.29) is 0 Å². The summed E-state index contributed by atoms with van der Waals surface area (Å²) < 4.78 is 11.9. The van der Waals surface area contributed by atoms with Crippen molar-refractivity contribution in [1.82, 2.24) is 0 Å². The molecule has 0 spiro atoms. The molecule has 0 amide bonds. The zero-order valence-corrected chi connectivity index (χ0v) is 5.08. The second kappa shape index (κ2) is 4.10. The van der Waals surface area contributed by atoms with Crippen molar-refractivity contribution in [1.29, 1.82) is 0 Å². The van der Waals surface area contributed by atoms with Crippen molar-refractivity contribution in [2.45, 2.75) is 39.3 Å². The van der Waals surface area contributed by atoms with Crippen molar-refractivity contribution in [3.05, 3.63) is 0 Å². The fraction of sp³-hybridized carbons (Fsp3) is 1.00. The van der Waals surface area contributed by atoms with Gasteiger partial charge in [0.2, 0.25) is 0 Å². The van der Waals surface area contributed by atoms with Crippen LogP contribution in [-0.4, -0.2) is 6.17 Å². The van der Waals surface area contributed by atoms with E-state index in [2.05, 4.69) is 6.92 Å². The number of unbranched alkanes of at least 4 members (excludes halogenated alkanes) is 1. The van der Waals surface area contributed by atoms with Gasteiger partial charge in [-0.15, -0.1) is 0 Å². The van der Waals surface area contributed by atoms with Crippen LogP contribution in [0.3, 0.4) is 0 Å². The van der Waals surface area contributed by atoms with Crippen LogP contribution in [0.2, 0.25) is 0 Å². The minimum Gasteiger partial charge on any atom is -0.248 e. The van der Waals surface area contributed by atoms with E-state index in [0.29, 0.717) is 0 Å². The third-order valence-electron chi connectivity index (χ3n) is 0.955. The molecule has 0 N–H and O–H groups in total. The Balaban J connectivity index is 2.68. The van der Waals surface area contributed by atoms with Gasteiger partial charge in [0.1, 0.15) is 0 Å². The summed E-state index contributed by atoms with van der Waals surface area (Å²) in [5.41, 5.74) is 0. The molecule has 0 nitrogen and oxygen atoms in total. The van der Waals surface area contributed by atoms with E-state index in [9.17, 15) is 4.39 Å². The largest absolute Gasteiger partial charge is 0.248 e. The second-order valence-electron chi connectivity index (χ2n) is 1.92. The van der Waals surface area contributed by atoms with Crippen LogP contribution in [-0.2, 0) is 0 Å². The molecule has 0 aromatic heterocycles. The average molecular weight is 104 g/mol. The Morgan fingerprint density at radius 3 is 2.29 bits per heavy atom. The third-order valence-corrected chi connectivity index (χ3v) is 0.955. The molecule has 1 unspecified atom stereocenters. The fourth-order valence-electron chi connectivity index (χ4n) is 0.485. The topological polar surface area (TPSA) is 0 Å². The molecule has 0 heterocycles. The lowest BCUT2D eigenvalue weighted by molar-refractivity contribution is 0.333. The van der Waals surface area contributed by atoms with Crippen molar-refractivity contribution >= 4 is 0 Å². The average Bonchev–Trinajstić information content (AvgIpc) is 1.61. The van der Waals surface area contributed by atoms with Gasteiger partial charge >= 0.3 is 0 Å². The van der Waals surface area contributed by atoms with E-state index in [1.54, 1.807) is 6.92 Å². The first-order valence-corrected chi connectivity index (χ1v) is 2.91. The van der Waals surface area contributed by atoms with Gasteiger partial charge in [0.15, 0.2) is 0 Å². The first-order chi connectivity index (χ1) is 3.27. The highest BCUT2D eigenvalue weighted by Crippen LogP contribution is 2.01. The quantitative estimate of drug-likeness (QED) is 0.516. The maximum absolute atomic E-state index is 11.9. The summed E-state index contributed by atoms with van der Waals surface area (Å²) in [6.45, 7) is 3.68. The van der Waals surface area contributed by atoms with Gasteiger partial charge in [0.05, 0.1) is 6.17 Å². The Morgan fingerprint density at radius 1 is 1.57 bits per heavy atom. The van der Waals surface area contributed by atoms with Gasteiger partial charge in [0, 0.05) is 0 Å². The molecule has 7 heavy (non-hydrogen) atoms. The van der Waals surface area contributed by atoms with Gasteiger partial charge < -0.3 is 0 Å². The molecule has 0 saturated heterocycles. The first-order valence-electron chi connectivity index (χ1n) is 2.91. The minimum absolute atomic E-state index is 0.597. The molecule has 0 aliphatic rings. The molecular formula is C6H13F. The molecule has 0 aliphatic heterocycles. The monoisotopic (exact) mass is 104 g/mol. The normalized spacial score (nSPS) is 14.1. The molecule has 0 rings (SSSR count). The number of hydrogen-bond acceptors (Lipinski definition) is 0. The zero-order valence-electron chi connectivity index (χ0n) is 5.08. The Hall–Kier alpha value is -0.0700. The van der Waals surface area contributed by atoms with Gasteiger partial charge in [-0.05, 0) is 13.3 Å². The van der Waals surface area contributed by atoms with Crippen LogP contribution in [0.15, 0.2) is 0 Å². The van der Waals surface area contributed by atoms with E-state index in [1.807, 2.05) is 0 Å². The van der Waals surface area contributed by atoms with Crippen molar-refractivity contribution < 1.29 is 4.39 Å². The van der Waals surface area contributed by atoms with Crippen molar-refractivity contribution in [2.75, 3.05) is 0 Å².